The normalized spacial score (nSPS) is 19.9. The van der Waals surface area contributed by atoms with Crippen molar-refractivity contribution in [2.24, 2.45) is 0 Å². The van der Waals surface area contributed by atoms with E-state index >= 15 is 0 Å². The summed E-state index contributed by atoms with van der Waals surface area (Å²) in [5.41, 5.74) is 0. The minimum absolute atomic E-state index is 0.0498. The molecule has 4 nitrogen and oxygen atoms in total. The molecule has 1 amide bonds. The number of thioether (sulfide) groups is 1. The summed E-state index contributed by atoms with van der Waals surface area (Å²) in [5, 5.41) is 8.97. The summed E-state index contributed by atoms with van der Waals surface area (Å²) in [4.78, 5) is 26.3. The second-order valence-corrected chi connectivity index (χ2v) is 6.13. The number of rotatable bonds is 5. The molecule has 0 aliphatic carbocycles. The van der Waals surface area contributed by atoms with Crippen LogP contribution in [-0.4, -0.2) is 39.7 Å². The fourth-order valence-corrected chi connectivity index (χ4v) is 3.49. The van der Waals surface area contributed by atoms with Crippen LogP contribution in [0.25, 0.3) is 0 Å². The number of benzene rings is 1. The number of hydrogen-bond donors (Lipinski definition) is 1. The highest BCUT2D eigenvalue weighted by Crippen LogP contribution is 2.29. The van der Waals surface area contributed by atoms with Crippen LogP contribution >= 0.6 is 11.8 Å². The Morgan fingerprint density at radius 1 is 1.40 bits per heavy atom. The van der Waals surface area contributed by atoms with Crippen LogP contribution in [0.5, 0.6) is 0 Å². The van der Waals surface area contributed by atoms with Crippen molar-refractivity contribution in [3.05, 3.63) is 30.3 Å². The van der Waals surface area contributed by atoms with E-state index in [9.17, 15) is 14.7 Å². The van der Waals surface area contributed by atoms with E-state index in [0.717, 1.165) is 11.3 Å². The van der Waals surface area contributed by atoms with Gasteiger partial charge in [-0.1, -0.05) is 25.1 Å². The molecular weight excluding hydrogens is 274 g/mol. The van der Waals surface area contributed by atoms with Gasteiger partial charge in [-0.05, 0) is 31.4 Å². The minimum Gasteiger partial charge on any atom is -0.480 e. The van der Waals surface area contributed by atoms with Crippen molar-refractivity contribution in [1.82, 2.24) is 4.90 Å². The van der Waals surface area contributed by atoms with Gasteiger partial charge in [-0.3, -0.25) is 4.79 Å². The van der Waals surface area contributed by atoms with Crippen molar-refractivity contribution in [3.63, 3.8) is 0 Å². The van der Waals surface area contributed by atoms with Crippen molar-refractivity contribution in [2.45, 2.75) is 42.4 Å². The third-order valence-electron chi connectivity index (χ3n) is 3.49. The molecular formula is C15H19NO3S. The van der Waals surface area contributed by atoms with Crippen molar-refractivity contribution < 1.29 is 14.7 Å². The summed E-state index contributed by atoms with van der Waals surface area (Å²) in [6, 6.07) is 9.12. The van der Waals surface area contributed by atoms with Gasteiger partial charge >= 0.3 is 5.97 Å². The molecule has 1 aromatic carbocycles. The fraction of sp³-hybridized carbons (Fsp3) is 0.467. The van der Waals surface area contributed by atoms with E-state index in [-0.39, 0.29) is 11.2 Å². The van der Waals surface area contributed by atoms with Gasteiger partial charge in [-0.25, -0.2) is 4.79 Å². The van der Waals surface area contributed by atoms with Crippen LogP contribution in [0.3, 0.4) is 0 Å². The fourth-order valence-electron chi connectivity index (χ4n) is 2.44. The number of carbonyl (C=O) groups excluding carboxylic acids is 1. The Hall–Kier alpha value is -1.49. The predicted octanol–water partition coefficient (Wildman–Crippen LogP) is 2.63. The van der Waals surface area contributed by atoms with Gasteiger partial charge in [0.2, 0.25) is 5.91 Å². The molecule has 1 unspecified atom stereocenters. The molecule has 1 N–H and O–H groups in total. The van der Waals surface area contributed by atoms with Gasteiger partial charge in [0.05, 0.1) is 5.25 Å². The van der Waals surface area contributed by atoms with Crippen molar-refractivity contribution >= 4 is 23.6 Å². The van der Waals surface area contributed by atoms with E-state index in [1.165, 1.54) is 16.7 Å². The Bertz CT molecular complexity index is 477. The first-order chi connectivity index (χ1) is 9.63. The van der Waals surface area contributed by atoms with Gasteiger partial charge < -0.3 is 10.0 Å². The number of carbonyl (C=O) groups is 2. The molecule has 0 spiro atoms. The Morgan fingerprint density at radius 3 is 2.70 bits per heavy atom. The zero-order valence-corrected chi connectivity index (χ0v) is 12.3. The molecule has 1 aliphatic rings. The molecule has 0 radical (unpaired) electrons. The highest BCUT2D eigenvalue weighted by Gasteiger charge is 2.36. The summed E-state index contributed by atoms with van der Waals surface area (Å²) in [5.74, 6) is -0.943. The quantitative estimate of drug-likeness (QED) is 0.848. The summed E-state index contributed by atoms with van der Waals surface area (Å²) in [6.45, 7) is 2.52. The van der Waals surface area contributed by atoms with Gasteiger partial charge in [0.15, 0.2) is 0 Å². The number of aliphatic carboxylic acids is 1. The number of carboxylic acid groups (broad SMARTS) is 1. The van der Waals surface area contributed by atoms with Gasteiger partial charge in [0, 0.05) is 11.4 Å². The maximum atomic E-state index is 12.5. The van der Waals surface area contributed by atoms with E-state index in [2.05, 4.69) is 0 Å². The second-order valence-electron chi connectivity index (χ2n) is 4.86. The highest BCUT2D eigenvalue weighted by molar-refractivity contribution is 8.00. The number of amides is 1. The van der Waals surface area contributed by atoms with Crippen LogP contribution in [0.4, 0.5) is 0 Å². The first-order valence-electron chi connectivity index (χ1n) is 6.88. The van der Waals surface area contributed by atoms with Gasteiger partial charge in [-0.2, -0.15) is 0 Å². The maximum absolute atomic E-state index is 12.5. The highest BCUT2D eigenvalue weighted by atomic mass is 32.2. The van der Waals surface area contributed by atoms with Gasteiger partial charge in [0.1, 0.15) is 6.04 Å². The van der Waals surface area contributed by atoms with Gasteiger partial charge in [-0.15, -0.1) is 11.8 Å². The standard InChI is InChI=1S/C15H19NO3S/c1-2-13(20-11-7-4-3-5-8-11)14(17)16-10-6-9-12(16)15(18)19/h3-5,7-8,12-13H,2,6,9-10H2,1H3,(H,18,19)/t12-,13?/m0/s1. The second kappa shape index (κ2) is 6.79. The van der Waals surface area contributed by atoms with Gasteiger partial charge in [0.25, 0.3) is 0 Å². The molecule has 0 bridgehead atoms. The first-order valence-corrected chi connectivity index (χ1v) is 7.76. The van der Waals surface area contributed by atoms with Crippen LogP contribution in [0.1, 0.15) is 26.2 Å². The van der Waals surface area contributed by atoms with E-state index in [0.29, 0.717) is 19.4 Å². The van der Waals surface area contributed by atoms with Crippen molar-refractivity contribution in [3.8, 4) is 0 Å². The Kier molecular flexibility index (Phi) is 5.06. The third kappa shape index (κ3) is 3.33. The SMILES string of the molecule is CCC(Sc1ccccc1)C(=O)N1CCC[C@H]1C(=O)O. The van der Waals surface area contributed by atoms with Crippen molar-refractivity contribution in [1.29, 1.82) is 0 Å². The largest absolute Gasteiger partial charge is 0.480 e. The average molecular weight is 293 g/mol. The number of hydrogen-bond acceptors (Lipinski definition) is 3. The molecule has 108 valence electrons. The molecule has 2 rings (SSSR count). The Morgan fingerprint density at radius 2 is 2.10 bits per heavy atom. The number of likely N-dealkylation sites (tertiary alicyclic amines) is 1. The molecule has 5 heteroatoms. The van der Waals surface area contributed by atoms with Crippen LogP contribution in [-0.2, 0) is 9.59 Å². The zero-order valence-electron chi connectivity index (χ0n) is 11.5. The Balaban J connectivity index is 2.07. The smallest absolute Gasteiger partial charge is 0.326 e. The van der Waals surface area contributed by atoms with Crippen LogP contribution in [0.2, 0.25) is 0 Å². The lowest BCUT2D eigenvalue weighted by Crippen LogP contribution is -2.44. The average Bonchev–Trinajstić information content (AvgIpc) is 2.94. The molecule has 1 aliphatic heterocycles. The lowest BCUT2D eigenvalue weighted by atomic mass is 10.2. The van der Waals surface area contributed by atoms with Crippen molar-refractivity contribution in [2.75, 3.05) is 6.54 Å². The number of nitrogens with zero attached hydrogens (tertiary/aromatic N) is 1. The molecule has 20 heavy (non-hydrogen) atoms. The molecule has 1 saturated heterocycles. The molecule has 1 heterocycles. The van der Waals surface area contributed by atoms with E-state index < -0.39 is 12.0 Å². The van der Waals surface area contributed by atoms with Crippen LogP contribution in [0.15, 0.2) is 35.2 Å². The molecule has 2 atom stereocenters. The molecule has 1 fully saturated rings. The Labute approximate surface area is 123 Å². The molecule has 1 aromatic rings. The number of carboxylic acids is 1. The summed E-state index contributed by atoms with van der Waals surface area (Å²) in [6.07, 6.45) is 2.03. The zero-order chi connectivity index (χ0) is 14.5. The summed E-state index contributed by atoms with van der Waals surface area (Å²) >= 11 is 1.51. The maximum Gasteiger partial charge on any atom is 0.326 e. The monoisotopic (exact) mass is 293 g/mol. The molecule has 0 aromatic heterocycles. The van der Waals surface area contributed by atoms with Crippen LogP contribution < -0.4 is 0 Å². The predicted molar refractivity (Wildman–Crippen MR) is 78.7 cm³/mol. The summed E-state index contributed by atoms with van der Waals surface area (Å²) < 4.78 is 0. The topological polar surface area (TPSA) is 57.6 Å². The minimum atomic E-state index is -0.893. The van der Waals surface area contributed by atoms with E-state index in [1.54, 1.807) is 0 Å². The summed E-state index contributed by atoms with van der Waals surface area (Å²) in [7, 11) is 0. The molecule has 0 saturated carbocycles. The van der Waals surface area contributed by atoms with E-state index in [1.807, 2.05) is 37.3 Å². The van der Waals surface area contributed by atoms with E-state index in [4.69, 9.17) is 0 Å². The lowest BCUT2D eigenvalue weighted by Gasteiger charge is -2.25. The lowest BCUT2D eigenvalue weighted by molar-refractivity contribution is -0.148. The first kappa shape index (κ1) is 14.9. The van der Waals surface area contributed by atoms with Crippen LogP contribution in [0, 0.1) is 0 Å². The third-order valence-corrected chi connectivity index (χ3v) is 4.85.